The third-order valence-electron chi connectivity index (χ3n) is 4.13. The third kappa shape index (κ3) is 3.98. The van der Waals surface area contributed by atoms with Crippen LogP contribution in [0.2, 0.25) is 0 Å². The molecule has 19 heavy (non-hydrogen) atoms. The number of hydrogen-bond donors (Lipinski definition) is 2. The number of rotatable bonds is 4. The van der Waals surface area contributed by atoms with E-state index in [0.29, 0.717) is 17.9 Å². The number of benzene rings is 1. The molecule has 0 bridgehead atoms. The van der Waals surface area contributed by atoms with Gasteiger partial charge in [0.15, 0.2) is 0 Å². The Hall–Kier alpha value is -1.00. The molecule has 0 saturated heterocycles. The Morgan fingerprint density at radius 3 is 2.47 bits per heavy atom. The average Bonchev–Trinajstić information content (AvgIpc) is 2.68. The summed E-state index contributed by atoms with van der Waals surface area (Å²) in [7, 11) is 0. The van der Waals surface area contributed by atoms with Gasteiger partial charge in [0.1, 0.15) is 11.6 Å². The van der Waals surface area contributed by atoms with E-state index in [1.807, 2.05) is 0 Å². The molecule has 0 amide bonds. The van der Waals surface area contributed by atoms with Gasteiger partial charge in [-0.25, -0.2) is 8.78 Å². The summed E-state index contributed by atoms with van der Waals surface area (Å²) in [4.78, 5) is 0. The molecule has 1 aliphatic carbocycles. The van der Waals surface area contributed by atoms with Crippen molar-refractivity contribution in [2.75, 3.05) is 0 Å². The number of nitrogens with two attached hydrogens (primary N) is 1. The Bertz CT molecular complexity index is 401. The van der Waals surface area contributed by atoms with Crippen LogP contribution in [0, 0.1) is 17.6 Å². The summed E-state index contributed by atoms with van der Waals surface area (Å²) in [6.07, 6.45) is 7.62. The molecular weight excluding hydrogens is 246 g/mol. The van der Waals surface area contributed by atoms with Crippen LogP contribution in [0.5, 0.6) is 0 Å². The summed E-state index contributed by atoms with van der Waals surface area (Å²) < 4.78 is 26.9. The van der Waals surface area contributed by atoms with Crippen molar-refractivity contribution in [2.24, 2.45) is 11.8 Å². The molecule has 0 radical (unpaired) electrons. The largest absolute Gasteiger partial charge is 0.271 e. The Labute approximate surface area is 113 Å². The second-order valence-corrected chi connectivity index (χ2v) is 5.46. The maximum atomic E-state index is 13.7. The number of halogens is 2. The maximum Gasteiger partial charge on any atom is 0.126 e. The van der Waals surface area contributed by atoms with Crippen molar-refractivity contribution in [3.8, 4) is 0 Å². The Kier molecular flexibility index (Phi) is 5.28. The maximum absolute atomic E-state index is 13.7. The van der Waals surface area contributed by atoms with Crippen molar-refractivity contribution < 1.29 is 8.78 Å². The van der Waals surface area contributed by atoms with E-state index in [1.165, 1.54) is 37.8 Å². The lowest BCUT2D eigenvalue weighted by Crippen LogP contribution is -2.42. The molecule has 1 atom stereocenters. The minimum Gasteiger partial charge on any atom is -0.271 e. The van der Waals surface area contributed by atoms with E-state index in [1.54, 1.807) is 0 Å². The molecule has 106 valence electrons. The van der Waals surface area contributed by atoms with E-state index >= 15 is 0 Å². The molecule has 1 aromatic carbocycles. The molecule has 3 N–H and O–H groups in total. The van der Waals surface area contributed by atoms with E-state index in [9.17, 15) is 8.78 Å². The predicted octanol–water partition coefficient (Wildman–Crippen LogP) is 3.31. The van der Waals surface area contributed by atoms with Gasteiger partial charge in [-0.2, -0.15) is 0 Å². The highest BCUT2D eigenvalue weighted by Crippen LogP contribution is 2.27. The average molecular weight is 268 g/mol. The summed E-state index contributed by atoms with van der Waals surface area (Å²) in [5.41, 5.74) is 3.22. The highest BCUT2D eigenvalue weighted by atomic mass is 19.1. The lowest BCUT2D eigenvalue weighted by atomic mass is 9.88. The first kappa shape index (κ1) is 14.4. The van der Waals surface area contributed by atoms with Crippen LogP contribution in [0.4, 0.5) is 8.78 Å². The van der Waals surface area contributed by atoms with Gasteiger partial charge in [0, 0.05) is 6.04 Å². The smallest absolute Gasteiger partial charge is 0.126 e. The fourth-order valence-corrected chi connectivity index (χ4v) is 3.01. The standard InChI is InChI=1S/C15H22F2N2/c16-13-7-8-14(17)12(9-13)10-15(19-18)11-5-3-1-2-4-6-11/h7-9,11,15,19H,1-6,10,18H2. The summed E-state index contributed by atoms with van der Waals surface area (Å²) >= 11 is 0. The Morgan fingerprint density at radius 2 is 1.84 bits per heavy atom. The highest BCUT2D eigenvalue weighted by molar-refractivity contribution is 5.20. The van der Waals surface area contributed by atoms with Crippen LogP contribution >= 0.6 is 0 Å². The zero-order chi connectivity index (χ0) is 13.7. The first-order chi connectivity index (χ1) is 9.20. The molecule has 2 nitrogen and oxygen atoms in total. The SMILES string of the molecule is NNC(Cc1cc(F)ccc1F)C1CCCCCC1. The molecule has 1 fully saturated rings. The van der Waals surface area contributed by atoms with Gasteiger partial charge in [0.2, 0.25) is 0 Å². The zero-order valence-electron chi connectivity index (χ0n) is 11.2. The van der Waals surface area contributed by atoms with E-state index < -0.39 is 5.82 Å². The first-order valence-corrected chi connectivity index (χ1v) is 7.10. The molecular formula is C15H22F2N2. The molecule has 1 aliphatic rings. The van der Waals surface area contributed by atoms with Crippen LogP contribution in [0.15, 0.2) is 18.2 Å². The second-order valence-electron chi connectivity index (χ2n) is 5.46. The van der Waals surface area contributed by atoms with Crippen molar-refractivity contribution in [3.05, 3.63) is 35.4 Å². The second kappa shape index (κ2) is 6.96. The van der Waals surface area contributed by atoms with Gasteiger partial charge in [0.05, 0.1) is 0 Å². The van der Waals surface area contributed by atoms with Crippen LogP contribution < -0.4 is 11.3 Å². The van der Waals surface area contributed by atoms with E-state index in [0.717, 1.165) is 18.9 Å². The number of hydrazine groups is 1. The van der Waals surface area contributed by atoms with Gasteiger partial charge in [-0.1, -0.05) is 25.7 Å². The third-order valence-corrected chi connectivity index (χ3v) is 4.13. The lowest BCUT2D eigenvalue weighted by Gasteiger charge is -2.25. The van der Waals surface area contributed by atoms with Crippen LogP contribution in [0.25, 0.3) is 0 Å². The topological polar surface area (TPSA) is 38.0 Å². The minimum absolute atomic E-state index is 0.0226. The van der Waals surface area contributed by atoms with Gasteiger partial charge < -0.3 is 0 Å². The highest BCUT2D eigenvalue weighted by Gasteiger charge is 2.23. The summed E-state index contributed by atoms with van der Waals surface area (Å²) in [6, 6.07) is 3.63. The minimum atomic E-state index is -0.395. The molecule has 2 rings (SSSR count). The molecule has 0 aromatic heterocycles. The normalized spacial score (nSPS) is 19.1. The summed E-state index contributed by atoms with van der Waals surface area (Å²) in [5, 5.41) is 0. The van der Waals surface area contributed by atoms with Gasteiger partial charge in [-0.15, -0.1) is 0 Å². The molecule has 1 unspecified atom stereocenters. The van der Waals surface area contributed by atoms with Gasteiger partial charge >= 0.3 is 0 Å². The Balaban J connectivity index is 2.07. The first-order valence-electron chi connectivity index (χ1n) is 7.10. The predicted molar refractivity (Wildman–Crippen MR) is 72.4 cm³/mol. The fraction of sp³-hybridized carbons (Fsp3) is 0.600. The quantitative estimate of drug-likeness (QED) is 0.499. The molecule has 4 heteroatoms. The monoisotopic (exact) mass is 268 g/mol. The van der Waals surface area contributed by atoms with Crippen molar-refractivity contribution in [1.29, 1.82) is 0 Å². The van der Waals surface area contributed by atoms with E-state index in [4.69, 9.17) is 5.84 Å². The molecule has 0 spiro atoms. The van der Waals surface area contributed by atoms with Crippen molar-refractivity contribution in [1.82, 2.24) is 5.43 Å². The van der Waals surface area contributed by atoms with Gasteiger partial charge in [-0.05, 0) is 48.9 Å². The summed E-state index contributed by atoms with van der Waals surface area (Å²) in [5.74, 6) is 5.33. The van der Waals surface area contributed by atoms with E-state index in [-0.39, 0.29) is 11.9 Å². The van der Waals surface area contributed by atoms with Crippen LogP contribution in [0.1, 0.15) is 44.1 Å². The number of hydrogen-bond acceptors (Lipinski definition) is 2. The molecule has 0 aliphatic heterocycles. The molecule has 1 aromatic rings. The van der Waals surface area contributed by atoms with Crippen molar-refractivity contribution >= 4 is 0 Å². The lowest BCUT2D eigenvalue weighted by molar-refractivity contribution is 0.318. The van der Waals surface area contributed by atoms with E-state index in [2.05, 4.69) is 5.43 Å². The molecule has 0 heterocycles. The van der Waals surface area contributed by atoms with Crippen molar-refractivity contribution in [2.45, 2.75) is 51.0 Å². The fourth-order valence-electron chi connectivity index (χ4n) is 3.01. The van der Waals surface area contributed by atoms with Crippen LogP contribution in [-0.2, 0) is 6.42 Å². The van der Waals surface area contributed by atoms with Crippen LogP contribution in [-0.4, -0.2) is 6.04 Å². The molecule has 1 saturated carbocycles. The van der Waals surface area contributed by atoms with Crippen LogP contribution in [0.3, 0.4) is 0 Å². The number of nitrogens with one attached hydrogen (secondary N) is 1. The zero-order valence-corrected chi connectivity index (χ0v) is 11.2. The summed E-state index contributed by atoms with van der Waals surface area (Å²) in [6.45, 7) is 0. The van der Waals surface area contributed by atoms with Crippen molar-refractivity contribution in [3.63, 3.8) is 0 Å². The van der Waals surface area contributed by atoms with Gasteiger partial charge in [-0.3, -0.25) is 11.3 Å². The van der Waals surface area contributed by atoms with Gasteiger partial charge in [0.25, 0.3) is 0 Å². The Morgan fingerprint density at radius 1 is 1.16 bits per heavy atom.